The van der Waals surface area contributed by atoms with Gasteiger partial charge >= 0.3 is 0 Å². The van der Waals surface area contributed by atoms with Crippen molar-refractivity contribution < 1.29 is 0 Å². The molecule has 5 heteroatoms. The van der Waals surface area contributed by atoms with Gasteiger partial charge in [-0.2, -0.15) is 0 Å². The minimum Gasteiger partial charge on any atom is -0.310 e. The van der Waals surface area contributed by atoms with Gasteiger partial charge in [0.1, 0.15) is 0 Å². The van der Waals surface area contributed by atoms with Crippen molar-refractivity contribution in [1.82, 2.24) is 14.5 Å². The van der Waals surface area contributed by atoms with Crippen molar-refractivity contribution in [1.29, 1.82) is 0 Å². The highest BCUT2D eigenvalue weighted by Crippen LogP contribution is 2.52. The second-order valence-corrected chi connectivity index (χ2v) is 21.6. The van der Waals surface area contributed by atoms with Crippen LogP contribution >= 0.6 is 11.3 Å². The minimum absolute atomic E-state index is 0.160. The molecule has 0 bridgehead atoms. The summed E-state index contributed by atoms with van der Waals surface area (Å²) in [4.78, 5) is 13.5. The summed E-state index contributed by atoms with van der Waals surface area (Å²) >= 11 is 1.88. The summed E-state index contributed by atoms with van der Waals surface area (Å²) in [5, 5.41) is 8.48. The van der Waals surface area contributed by atoms with E-state index in [9.17, 15) is 0 Å². The average Bonchev–Trinajstić information content (AvgIpc) is 4.03. The Morgan fingerprint density at radius 3 is 1.90 bits per heavy atom. The molecule has 0 spiro atoms. The zero-order valence-electron chi connectivity index (χ0n) is 39.8. The van der Waals surface area contributed by atoms with Crippen LogP contribution in [0.3, 0.4) is 0 Å². The Labute approximate surface area is 415 Å². The van der Waals surface area contributed by atoms with Gasteiger partial charge in [0.2, 0.25) is 5.95 Å². The zero-order chi connectivity index (χ0) is 47.3. The summed E-state index contributed by atoms with van der Waals surface area (Å²) in [6.45, 7) is 9.37. The number of hydrogen-bond acceptors (Lipinski definition) is 4. The van der Waals surface area contributed by atoms with Crippen LogP contribution in [0.4, 0.5) is 17.1 Å². The smallest absolute Gasteiger partial charge is 0.235 e. The Morgan fingerprint density at radius 1 is 0.423 bits per heavy atom. The molecule has 0 amide bonds. The van der Waals surface area contributed by atoms with E-state index in [4.69, 9.17) is 9.97 Å². The third-order valence-electron chi connectivity index (χ3n) is 16.0. The Bertz CT molecular complexity index is 4420. The summed E-state index contributed by atoms with van der Waals surface area (Å²) in [7, 11) is 0. The van der Waals surface area contributed by atoms with E-state index in [0.29, 0.717) is 5.95 Å². The van der Waals surface area contributed by atoms with Crippen LogP contribution in [-0.2, 0) is 10.8 Å². The van der Waals surface area contributed by atoms with Crippen molar-refractivity contribution in [2.75, 3.05) is 4.90 Å². The minimum atomic E-state index is -0.186. The van der Waals surface area contributed by atoms with Crippen LogP contribution in [0.15, 0.2) is 206 Å². The van der Waals surface area contributed by atoms with Crippen LogP contribution in [0, 0.1) is 0 Å². The quantitative estimate of drug-likeness (QED) is 0.172. The number of fused-ring (bicyclic) bond motifs is 13. The van der Waals surface area contributed by atoms with Crippen LogP contribution in [0.25, 0.3) is 103 Å². The maximum Gasteiger partial charge on any atom is 0.235 e. The monoisotopic (exact) mass is 926 g/mol. The molecule has 0 aliphatic heterocycles. The van der Waals surface area contributed by atoms with Gasteiger partial charge < -0.3 is 4.90 Å². The highest BCUT2D eigenvalue weighted by molar-refractivity contribution is 7.26. The summed E-state index contributed by atoms with van der Waals surface area (Å²) in [6, 6.07) is 76.3. The number of anilines is 3. The number of hydrogen-bond donors (Lipinski definition) is 0. The summed E-state index contributed by atoms with van der Waals surface area (Å²) < 4.78 is 4.93. The van der Waals surface area contributed by atoms with Gasteiger partial charge in [0.25, 0.3) is 0 Å². The Hall–Kier alpha value is -8.38. The van der Waals surface area contributed by atoms with E-state index < -0.39 is 0 Å². The van der Waals surface area contributed by atoms with Crippen molar-refractivity contribution in [2.24, 2.45) is 0 Å². The number of aromatic nitrogens is 3. The lowest BCUT2D eigenvalue weighted by molar-refractivity contribution is 0.643. The van der Waals surface area contributed by atoms with Gasteiger partial charge in [0, 0.05) is 69.8 Å². The van der Waals surface area contributed by atoms with Crippen LogP contribution < -0.4 is 4.90 Å². The fourth-order valence-electron chi connectivity index (χ4n) is 12.5. The molecule has 10 aromatic carbocycles. The van der Waals surface area contributed by atoms with E-state index in [-0.39, 0.29) is 10.8 Å². The lowest BCUT2D eigenvalue weighted by Crippen LogP contribution is -2.24. The molecule has 0 saturated heterocycles. The fourth-order valence-corrected chi connectivity index (χ4v) is 13.8. The molecule has 0 radical (unpaired) electrons. The molecule has 71 heavy (non-hydrogen) atoms. The number of benzene rings is 10. The molecule has 0 unspecified atom stereocenters. The summed E-state index contributed by atoms with van der Waals surface area (Å²) in [6.07, 6.45) is 0. The first-order valence-electron chi connectivity index (χ1n) is 24.6. The highest BCUT2D eigenvalue weighted by atomic mass is 32.1. The van der Waals surface area contributed by atoms with Crippen molar-refractivity contribution in [2.45, 2.75) is 38.5 Å². The predicted molar refractivity (Wildman–Crippen MR) is 300 cm³/mol. The predicted octanol–water partition coefficient (Wildman–Crippen LogP) is 18.0. The number of rotatable bonds is 5. The van der Waals surface area contributed by atoms with E-state index in [1.807, 2.05) is 11.3 Å². The molecule has 13 aromatic rings. The van der Waals surface area contributed by atoms with Gasteiger partial charge in [-0.25, -0.2) is 9.97 Å². The Morgan fingerprint density at radius 2 is 1.04 bits per heavy atom. The van der Waals surface area contributed by atoms with E-state index in [1.54, 1.807) is 0 Å². The van der Waals surface area contributed by atoms with Crippen molar-refractivity contribution in [3.63, 3.8) is 0 Å². The molecule has 0 fully saturated rings. The van der Waals surface area contributed by atoms with Crippen molar-refractivity contribution >= 4 is 92.1 Å². The normalized spacial score (nSPS) is 14.1. The van der Waals surface area contributed by atoms with E-state index in [2.05, 4.69) is 243 Å². The molecule has 3 heterocycles. The van der Waals surface area contributed by atoms with Gasteiger partial charge in [-0.3, -0.25) is 4.57 Å². The third-order valence-corrected chi connectivity index (χ3v) is 17.2. The molecule has 2 aliphatic carbocycles. The van der Waals surface area contributed by atoms with Gasteiger partial charge in [-0.15, -0.1) is 11.3 Å². The van der Waals surface area contributed by atoms with E-state index >= 15 is 0 Å². The number of thiophene rings is 1. The fraction of sp³-hybridized carbons (Fsp3) is 0.0909. The van der Waals surface area contributed by atoms with Crippen LogP contribution in [-0.4, -0.2) is 14.5 Å². The molecule has 2 aliphatic rings. The van der Waals surface area contributed by atoms with Crippen LogP contribution in [0.1, 0.15) is 49.9 Å². The first kappa shape index (κ1) is 40.5. The second-order valence-electron chi connectivity index (χ2n) is 20.5. The van der Waals surface area contributed by atoms with E-state index in [1.165, 1.54) is 86.4 Å². The zero-order valence-corrected chi connectivity index (χ0v) is 40.6. The lowest BCUT2D eigenvalue weighted by Gasteiger charge is -2.34. The maximum atomic E-state index is 5.58. The van der Waals surface area contributed by atoms with Crippen LogP contribution in [0.5, 0.6) is 0 Å². The van der Waals surface area contributed by atoms with Gasteiger partial charge in [0.15, 0.2) is 0 Å². The van der Waals surface area contributed by atoms with Gasteiger partial charge in [-0.1, -0.05) is 173 Å². The number of nitrogens with zero attached hydrogens (tertiary/aromatic N) is 4. The van der Waals surface area contributed by atoms with Gasteiger partial charge in [0.05, 0.1) is 22.2 Å². The molecule has 0 N–H and O–H groups in total. The van der Waals surface area contributed by atoms with Crippen LogP contribution in [0.2, 0.25) is 0 Å². The first-order valence-corrected chi connectivity index (χ1v) is 25.5. The highest BCUT2D eigenvalue weighted by Gasteiger charge is 2.37. The summed E-state index contributed by atoms with van der Waals surface area (Å²) in [5.41, 5.74) is 18.5. The molecule has 15 rings (SSSR count). The van der Waals surface area contributed by atoms with Crippen molar-refractivity contribution in [3.8, 4) is 39.5 Å². The second kappa shape index (κ2) is 14.6. The third kappa shape index (κ3) is 5.67. The largest absolute Gasteiger partial charge is 0.310 e. The summed E-state index contributed by atoms with van der Waals surface area (Å²) in [5.74, 6) is 0.670. The molecule has 4 nitrogen and oxygen atoms in total. The Kier molecular flexibility index (Phi) is 8.32. The molecule has 3 aromatic heterocycles. The molecule has 0 atom stereocenters. The first-order chi connectivity index (χ1) is 34.7. The maximum absolute atomic E-state index is 5.58. The lowest BCUT2D eigenvalue weighted by atomic mass is 9.70. The molecule has 0 saturated carbocycles. The molecule has 336 valence electrons. The topological polar surface area (TPSA) is 34.0 Å². The average molecular weight is 927 g/mol. The van der Waals surface area contributed by atoms with E-state index in [0.717, 1.165) is 50.1 Å². The molecular formula is C66H46N4S. The SMILES string of the molecule is CC1(C)c2ccccc2-c2ccc(N(c3ccc(-c4cccc5c4sc4ccccc45)cc3)c3ccc4c(c3)c3c5ccccc5ccc3n4-c3nc4c5c(cccc5n3)C(C)(C)c3ccccc3-4)cc21. The van der Waals surface area contributed by atoms with Gasteiger partial charge in [-0.05, 0) is 116 Å². The Balaban J connectivity index is 0.959. The standard InChI is InChI=1S/C66H46N4S/c1-65(2)53-23-11-8-19-50(53)62-61-54(65)24-14-25-56(61)67-64(68-62)70-57-36-33-42(37-51(57)60-44-16-6-5-15-39(44)29-35-58(60)70)69(43-32-34-47-46-17-7-10-22-52(46)66(3,4)55(47)38-43)41-30-27-40(28-31-41)45-20-13-21-49-48-18-9-12-26-59(48)71-63(45)49/h5-38H,1-4H3. The van der Waals surface area contributed by atoms with Crippen molar-refractivity contribution in [3.05, 3.63) is 229 Å². The molecular weight excluding hydrogens is 881 g/mol.